The fourth-order valence-corrected chi connectivity index (χ4v) is 2.11. The highest BCUT2D eigenvalue weighted by molar-refractivity contribution is 6.31. The van der Waals surface area contributed by atoms with E-state index in [0.717, 1.165) is 5.56 Å². The minimum Gasteiger partial charge on any atom is -0.483 e. The fourth-order valence-electron chi connectivity index (χ4n) is 1.75. The van der Waals surface area contributed by atoms with Crippen molar-refractivity contribution in [2.24, 2.45) is 0 Å². The summed E-state index contributed by atoms with van der Waals surface area (Å²) in [4.78, 5) is 23.5. The molecule has 0 spiro atoms. The van der Waals surface area contributed by atoms with Crippen LogP contribution in [0.15, 0.2) is 42.5 Å². The molecular formula is C16H14Cl2N2O3. The van der Waals surface area contributed by atoms with Gasteiger partial charge in [0.05, 0.1) is 0 Å². The van der Waals surface area contributed by atoms with Crippen LogP contribution in [0.2, 0.25) is 10.0 Å². The summed E-state index contributed by atoms with van der Waals surface area (Å²) in [5.74, 6) is -0.382. The fraction of sp³-hybridized carbons (Fsp3) is 0.125. The standard InChI is InChI=1S/C16H14Cl2N2O3/c1-10-8-13(18)6-7-14(10)23-9-15(21)19-20-16(22)11-2-4-12(17)5-3-11/h2-8H,9H2,1H3,(H,19,21)(H,20,22). The third-order valence-corrected chi connectivity index (χ3v) is 3.40. The number of carbonyl (C=O) groups excluding carboxylic acids is 2. The van der Waals surface area contributed by atoms with E-state index in [2.05, 4.69) is 10.9 Å². The molecular weight excluding hydrogens is 339 g/mol. The molecule has 0 aliphatic carbocycles. The van der Waals surface area contributed by atoms with Gasteiger partial charge in [0.15, 0.2) is 6.61 Å². The second-order valence-corrected chi connectivity index (χ2v) is 5.58. The van der Waals surface area contributed by atoms with E-state index in [0.29, 0.717) is 21.4 Å². The zero-order chi connectivity index (χ0) is 16.8. The van der Waals surface area contributed by atoms with E-state index < -0.39 is 11.8 Å². The maximum atomic E-state index is 11.8. The Hall–Kier alpha value is -2.24. The predicted octanol–water partition coefficient (Wildman–Crippen LogP) is 3.14. The zero-order valence-corrected chi connectivity index (χ0v) is 13.7. The molecule has 2 N–H and O–H groups in total. The van der Waals surface area contributed by atoms with Gasteiger partial charge in [-0.1, -0.05) is 23.2 Å². The lowest BCUT2D eigenvalue weighted by atomic mass is 10.2. The van der Waals surface area contributed by atoms with Crippen LogP contribution in [0, 0.1) is 6.92 Å². The molecule has 120 valence electrons. The van der Waals surface area contributed by atoms with Crippen LogP contribution in [0.25, 0.3) is 0 Å². The second-order valence-electron chi connectivity index (χ2n) is 4.71. The highest BCUT2D eigenvalue weighted by atomic mass is 35.5. The molecule has 7 heteroatoms. The number of benzene rings is 2. The van der Waals surface area contributed by atoms with Crippen molar-refractivity contribution in [1.29, 1.82) is 0 Å². The quantitative estimate of drug-likeness (QED) is 0.830. The number of hydrogen-bond donors (Lipinski definition) is 2. The molecule has 0 radical (unpaired) electrons. The minimum atomic E-state index is -0.485. The van der Waals surface area contributed by atoms with Crippen LogP contribution < -0.4 is 15.6 Å². The molecule has 0 aliphatic rings. The Balaban J connectivity index is 1.81. The van der Waals surface area contributed by atoms with Gasteiger partial charge in [0.2, 0.25) is 0 Å². The van der Waals surface area contributed by atoms with E-state index in [9.17, 15) is 9.59 Å². The van der Waals surface area contributed by atoms with Crippen molar-refractivity contribution >= 4 is 35.0 Å². The van der Waals surface area contributed by atoms with Crippen LogP contribution in [0.3, 0.4) is 0 Å². The van der Waals surface area contributed by atoms with Gasteiger partial charge >= 0.3 is 0 Å². The number of halogens is 2. The summed E-state index contributed by atoms with van der Waals surface area (Å²) in [6, 6.07) is 11.4. The van der Waals surface area contributed by atoms with Crippen LogP contribution in [-0.4, -0.2) is 18.4 Å². The van der Waals surface area contributed by atoms with Crippen molar-refractivity contribution in [3.05, 3.63) is 63.6 Å². The molecule has 0 heterocycles. The number of hydrogen-bond acceptors (Lipinski definition) is 3. The van der Waals surface area contributed by atoms with Crippen molar-refractivity contribution in [3.8, 4) is 5.75 Å². The lowest BCUT2D eigenvalue weighted by molar-refractivity contribution is -0.123. The molecule has 2 aromatic carbocycles. The van der Waals surface area contributed by atoms with Crippen molar-refractivity contribution in [1.82, 2.24) is 10.9 Å². The molecule has 0 fully saturated rings. The lowest BCUT2D eigenvalue weighted by Crippen LogP contribution is -2.43. The van der Waals surface area contributed by atoms with Crippen LogP contribution in [0.5, 0.6) is 5.75 Å². The molecule has 0 unspecified atom stereocenters. The molecule has 0 atom stereocenters. The average Bonchev–Trinajstić information content (AvgIpc) is 2.52. The first-order chi connectivity index (χ1) is 11.0. The summed E-state index contributed by atoms with van der Waals surface area (Å²) in [6.45, 7) is 1.59. The van der Waals surface area contributed by atoms with Gasteiger partial charge in [0.25, 0.3) is 11.8 Å². The van der Waals surface area contributed by atoms with Gasteiger partial charge in [-0.15, -0.1) is 0 Å². The molecule has 0 aliphatic heterocycles. The van der Waals surface area contributed by atoms with Gasteiger partial charge in [-0.25, -0.2) is 0 Å². The Bertz CT molecular complexity index is 718. The molecule has 0 saturated heterocycles. The van der Waals surface area contributed by atoms with E-state index in [1.807, 2.05) is 6.92 Å². The second kappa shape index (κ2) is 7.85. The summed E-state index contributed by atoms with van der Waals surface area (Å²) in [6.07, 6.45) is 0. The van der Waals surface area contributed by atoms with Crippen molar-refractivity contribution in [2.45, 2.75) is 6.92 Å². The Morgan fingerprint density at radius 1 is 1.00 bits per heavy atom. The Morgan fingerprint density at radius 3 is 2.30 bits per heavy atom. The highest BCUT2D eigenvalue weighted by Gasteiger charge is 2.08. The van der Waals surface area contributed by atoms with E-state index in [4.69, 9.17) is 27.9 Å². The van der Waals surface area contributed by atoms with Gasteiger partial charge in [-0.05, 0) is 55.0 Å². The highest BCUT2D eigenvalue weighted by Crippen LogP contribution is 2.21. The monoisotopic (exact) mass is 352 g/mol. The largest absolute Gasteiger partial charge is 0.483 e. The van der Waals surface area contributed by atoms with E-state index in [1.54, 1.807) is 42.5 Å². The third-order valence-electron chi connectivity index (χ3n) is 2.92. The molecule has 5 nitrogen and oxygen atoms in total. The smallest absolute Gasteiger partial charge is 0.276 e. The average molecular weight is 353 g/mol. The summed E-state index contributed by atoms with van der Waals surface area (Å²) in [5.41, 5.74) is 5.76. The maximum Gasteiger partial charge on any atom is 0.276 e. The van der Waals surface area contributed by atoms with Crippen molar-refractivity contribution in [3.63, 3.8) is 0 Å². The number of hydrazine groups is 1. The predicted molar refractivity (Wildman–Crippen MR) is 88.7 cm³/mol. The number of rotatable bonds is 4. The van der Waals surface area contributed by atoms with Gasteiger partial charge in [0.1, 0.15) is 5.75 Å². The third kappa shape index (κ3) is 5.16. The molecule has 2 rings (SSSR count). The number of aryl methyl sites for hydroxylation is 1. The van der Waals surface area contributed by atoms with Crippen molar-refractivity contribution < 1.29 is 14.3 Å². The number of nitrogens with one attached hydrogen (secondary N) is 2. The molecule has 0 aromatic heterocycles. The number of amides is 2. The summed E-state index contributed by atoms with van der Waals surface area (Å²) >= 11 is 11.6. The Morgan fingerprint density at radius 2 is 1.65 bits per heavy atom. The molecule has 0 saturated carbocycles. The maximum absolute atomic E-state index is 11.8. The molecule has 23 heavy (non-hydrogen) atoms. The Labute approximate surface area is 143 Å². The van der Waals surface area contributed by atoms with Crippen molar-refractivity contribution in [2.75, 3.05) is 6.61 Å². The van der Waals surface area contributed by atoms with Crippen LogP contribution in [0.4, 0.5) is 0 Å². The topological polar surface area (TPSA) is 67.4 Å². The summed E-state index contributed by atoms with van der Waals surface area (Å²) < 4.78 is 5.37. The molecule has 0 bridgehead atoms. The molecule has 2 aromatic rings. The minimum absolute atomic E-state index is 0.233. The normalized spacial score (nSPS) is 10.0. The van der Waals surface area contributed by atoms with E-state index in [1.165, 1.54) is 0 Å². The number of ether oxygens (including phenoxy) is 1. The first kappa shape index (κ1) is 17.1. The van der Waals surface area contributed by atoms with E-state index >= 15 is 0 Å². The van der Waals surface area contributed by atoms with Crippen LogP contribution >= 0.6 is 23.2 Å². The van der Waals surface area contributed by atoms with E-state index in [-0.39, 0.29) is 6.61 Å². The first-order valence-electron chi connectivity index (χ1n) is 6.69. The summed E-state index contributed by atoms with van der Waals surface area (Å²) in [7, 11) is 0. The summed E-state index contributed by atoms with van der Waals surface area (Å²) in [5, 5.41) is 1.12. The Kier molecular flexibility index (Phi) is 5.84. The lowest BCUT2D eigenvalue weighted by Gasteiger charge is -2.10. The SMILES string of the molecule is Cc1cc(Cl)ccc1OCC(=O)NNC(=O)c1ccc(Cl)cc1. The molecule has 2 amide bonds. The van der Waals surface area contributed by atoms with Gasteiger partial charge < -0.3 is 4.74 Å². The van der Waals surface area contributed by atoms with Crippen LogP contribution in [-0.2, 0) is 4.79 Å². The van der Waals surface area contributed by atoms with Gasteiger partial charge in [0, 0.05) is 15.6 Å². The van der Waals surface area contributed by atoms with Gasteiger partial charge in [-0.3, -0.25) is 20.4 Å². The van der Waals surface area contributed by atoms with Crippen LogP contribution in [0.1, 0.15) is 15.9 Å². The first-order valence-corrected chi connectivity index (χ1v) is 7.45. The van der Waals surface area contributed by atoms with Gasteiger partial charge in [-0.2, -0.15) is 0 Å². The number of carbonyl (C=O) groups is 2. The zero-order valence-electron chi connectivity index (χ0n) is 12.2.